The number of hydrogen-bond acceptors (Lipinski definition) is 1. The Labute approximate surface area is 147 Å². The minimum atomic E-state index is -5.09. The first-order valence-electron chi connectivity index (χ1n) is 7.31. The molecular formula is C17H11F9O. The predicted octanol–water partition coefficient (Wildman–Crippen LogP) is 6.02. The van der Waals surface area contributed by atoms with Crippen LogP contribution in [0, 0.1) is 0 Å². The van der Waals surface area contributed by atoms with Gasteiger partial charge in [-0.05, 0) is 35.4 Å². The number of rotatable bonds is 3. The Kier molecular flexibility index (Phi) is 5.51. The first kappa shape index (κ1) is 21.1. The average molecular weight is 402 g/mol. The molecule has 0 amide bonds. The standard InChI is InChI=1S/C17H11F9O/c18-15(19,20)11-3-1-2-9(4-11)5-14(27)10-6-12(16(21,22)23)8-13(7-10)17(24,25)26/h1-4,6-8,14,27H,5H2. The van der Waals surface area contributed by atoms with Crippen molar-refractivity contribution < 1.29 is 44.6 Å². The second kappa shape index (κ2) is 7.06. The van der Waals surface area contributed by atoms with Gasteiger partial charge in [0.2, 0.25) is 0 Å². The monoisotopic (exact) mass is 402 g/mol. The smallest absolute Gasteiger partial charge is 0.388 e. The fourth-order valence-corrected chi connectivity index (χ4v) is 2.39. The molecule has 0 aliphatic carbocycles. The Hall–Kier alpha value is -2.23. The van der Waals surface area contributed by atoms with Crippen molar-refractivity contribution in [3.05, 3.63) is 70.3 Å². The van der Waals surface area contributed by atoms with Crippen LogP contribution in [0.25, 0.3) is 0 Å². The second-order valence-electron chi connectivity index (χ2n) is 5.76. The van der Waals surface area contributed by atoms with Crippen molar-refractivity contribution in [1.29, 1.82) is 0 Å². The average Bonchev–Trinajstić information content (AvgIpc) is 2.52. The van der Waals surface area contributed by atoms with E-state index in [-0.39, 0.29) is 11.6 Å². The Bertz CT molecular complexity index is 771. The van der Waals surface area contributed by atoms with Gasteiger partial charge in [0.25, 0.3) is 0 Å². The third-order valence-corrected chi connectivity index (χ3v) is 3.68. The maximum Gasteiger partial charge on any atom is 0.416 e. The molecule has 0 spiro atoms. The van der Waals surface area contributed by atoms with Crippen LogP contribution in [0.5, 0.6) is 0 Å². The summed E-state index contributed by atoms with van der Waals surface area (Å²) in [6.07, 6.45) is -17.3. The number of hydrogen-bond donors (Lipinski definition) is 1. The third-order valence-electron chi connectivity index (χ3n) is 3.68. The zero-order valence-electron chi connectivity index (χ0n) is 13.2. The van der Waals surface area contributed by atoms with E-state index >= 15 is 0 Å². The first-order valence-corrected chi connectivity index (χ1v) is 7.31. The summed E-state index contributed by atoms with van der Waals surface area (Å²) in [6, 6.07) is 4.21. The maximum atomic E-state index is 12.8. The van der Waals surface area contributed by atoms with Crippen LogP contribution >= 0.6 is 0 Å². The molecule has 0 radical (unpaired) electrons. The molecule has 10 heteroatoms. The highest BCUT2D eigenvalue weighted by Crippen LogP contribution is 2.38. The lowest BCUT2D eigenvalue weighted by molar-refractivity contribution is -0.143. The van der Waals surface area contributed by atoms with Crippen molar-refractivity contribution >= 4 is 0 Å². The van der Waals surface area contributed by atoms with Gasteiger partial charge in [0, 0.05) is 6.42 Å². The van der Waals surface area contributed by atoms with Gasteiger partial charge >= 0.3 is 18.5 Å². The molecule has 0 aliphatic rings. The van der Waals surface area contributed by atoms with Crippen LogP contribution in [0.15, 0.2) is 42.5 Å². The van der Waals surface area contributed by atoms with E-state index in [1.807, 2.05) is 0 Å². The van der Waals surface area contributed by atoms with Crippen LogP contribution in [0.3, 0.4) is 0 Å². The second-order valence-corrected chi connectivity index (χ2v) is 5.76. The van der Waals surface area contributed by atoms with Crippen LogP contribution in [0.1, 0.15) is 33.9 Å². The normalized spacial score (nSPS) is 14.3. The van der Waals surface area contributed by atoms with E-state index in [9.17, 15) is 44.6 Å². The zero-order valence-corrected chi connectivity index (χ0v) is 13.2. The summed E-state index contributed by atoms with van der Waals surface area (Å²) in [5, 5.41) is 10.0. The number of aliphatic hydroxyl groups excluding tert-OH is 1. The third kappa shape index (κ3) is 5.38. The van der Waals surface area contributed by atoms with Crippen LogP contribution in [-0.4, -0.2) is 5.11 Å². The summed E-state index contributed by atoms with van der Waals surface area (Å²) in [4.78, 5) is 0. The quantitative estimate of drug-likeness (QED) is 0.623. The first-order chi connectivity index (χ1) is 12.2. The van der Waals surface area contributed by atoms with E-state index < -0.39 is 53.3 Å². The summed E-state index contributed by atoms with van der Waals surface area (Å²) in [6.45, 7) is 0. The number of halogens is 9. The molecule has 1 N–H and O–H groups in total. The molecule has 2 aromatic rings. The Morgan fingerprint density at radius 3 is 1.59 bits per heavy atom. The van der Waals surface area contributed by atoms with E-state index in [0.29, 0.717) is 18.2 Å². The molecule has 0 saturated heterocycles. The van der Waals surface area contributed by atoms with Crippen LogP contribution in [0.4, 0.5) is 39.5 Å². The molecule has 148 valence electrons. The van der Waals surface area contributed by atoms with Gasteiger partial charge in [0.05, 0.1) is 22.8 Å². The molecular weight excluding hydrogens is 391 g/mol. The lowest BCUT2D eigenvalue weighted by Crippen LogP contribution is -2.14. The maximum absolute atomic E-state index is 12.8. The highest BCUT2D eigenvalue weighted by atomic mass is 19.4. The molecule has 0 bridgehead atoms. The zero-order chi connectivity index (χ0) is 20.6. The molecule has 0 fully saturated rings. The van der Waals surface area contributed by atoms with Crippen molar-refractivity contribution in [2.45, 2.75) is 31.1 Å². The van der Waals surface area contributed by atoms with E-state index in [2.05, 4.69) is 0 Å². The van der Waals surface area contributed by atoms with Crippen LogP contribution in [0.2, 0.25) is 0 Å². The van der Waals surface area contributed by atoms with E-state index in [0.717, 1.165) is 12.1 Å². The molecule has 0 heterocycles. The van der Waals surface area contributed by atoms with Gasteiger partial charge in [-0.25, -0.2) is 0 Å². The van der Waals surface area contributed by atoms with Crippen molar-refractivity contribution in [1.82, 2.24) is 0 Å². The lowest BCUT2D eigenvalue weighted by atomic mass is 9.96. The molecule has 2 rings (SSSR count). The van der Waals surface area contributed by atoms with Gasteiger partial charge in [0.1, 0.15) is 0 Å². The van der Waals surface area contributed by atoms with Gasteiger partial charge in [-0.3, -0.25) is 0 Å². The molecule has 1 nitrogen and oxygen atoms in total. The van der Waals surface area contributed by atoms with E-state index in [1.165, 1.54) is 6.07 Å². The van der Waals surface area contributed by atoms with Crippen molar-refractivity contribution in [2.75, 3.05) is 0 Å². The number of aliphatic hydroxyl groups is 1. The molecule has 0 aliphatic heterocycles. The summed E-state index contributed by atoms with van der Waals surface area (Å²) in [5.41, 5.74) is -5.07. The minimum Gasteiger partial charge on any atom is -0.388 e. The highest BCUT2D eigenvalue weighted by Gasteiger charge is 2.37. The largest absolute Gasteiger partial charge is 0.416 e. The van der Waals surface area contributed by atoms with Crippen molar-refractivity contribution in [2.24, 2.45) is 0 Å². The van der Waals surface area contributed by atoms with Gasteiger partial charge in [-0.1, -0.05) is 18.2 Å². The predicted molar refractivity (Wildman–Crippen MR) is 76.6 cm³/mol. The highest BCUT2D eigenvalue weighted by molar-refractivity contribution is 5.36. The molecule has 0 saturated carbocycles. The van der Waals surface area contributed by atoms with Crippen LogP contribution in [-0.2, 0) is 24.9 Å². The summed E-state index contributed by atoms with van der Waals surface area (Å²) < 4.78 is 115. The lowest BCUT2D eigenvalue weighted by Gasteiger charge is -2.18. The molecule has 1 atom stereocenters. The van der Waals surface area contributed by atoms with Crippen molar-refractivity contribution in [3.8, 4) is 0 Å². The fourth-order valence-electron chi connectivity index (χ4n) is 2.39. The Balaban J connectivity index is 2.40. The van der Waals surface area contributed by atoms with E-state index in [1.54, 1.807) is 0 Å². The SMILES string of the molecule is OC(Cc1cccc(C(F)(F)F)c1)c1cc(C(F)(F)F)cc(C(F)(F)F)c1. The topological polar surface area (TPSA) is 20.2 Å². The minimum absolute atomic E-state index is 0.0942. The Morgan fingerprint density at radius 1 is 0.667 bits per heavy atom. The van der Waals surface area contributed by atoms with Gasteiger partial charge in [-0.15, -0.1) is 0 Å². The van der Waals surface area contributed by atoms with Crippen molar-refractivity contribution in [3.63, 3.8) is 0 Å². The summed E-state index contributed by atoms with van der Waals surface area (Å²) >= 11 is 0. The fraction of sp³-hybridized carbons (Fsp3) is 0.294. The van der Waals surface area contributed by atoms with Gasteiger partial charge < -0.3 is 5.11 Å². The van der Waals surface area contributed by atoms with Gasteiger partial charge in [0.15, 0.2) is 0 Å². The summed E-state index contributed by atoms with van der Waals surface area (Å²) in [5.74, 6) is 0. The number of alkyl halides is 9. The molecule has 0 aromatic heterocycles. The van der Waals surface area contributed by atoms with E-state index in [4.69, 9.17) is 0 Å². The summed E-state index contributed by atoms with van der Waals surface area (Å²) in [7, 11) is 0. The van der Waals surface area contributed by atoms with Gasteiger partial charge in [-0.2, -0.15) is 39.5 Å². The van der Waals surface area contributed by atoms with Crippen LogP contribution < -0.4 is 0 Å². The molecule has 1 unspecified atom stereocenters. The number of benzene rings is 2. The molecule has 2 aromatic carbocycles. The molecule has 27 heavy (non-hydrogen) atoms. The Morgan fingerprint density at radius 2 is 1.15 bits per heavy atom.